The largest absolute Gasteiger partial charge is 0.494 e. The fraction of sp³-hybridized carbons (Fsp3) is 0.214. The Bertz CT molecular complexity index is 587. The quantitative estimate of drug-likeness (QED) is 0.853. The van der Waals surface area contributed by atoms with Crippen molar-refractivity contribution in [1.82, 2.24) is 0 Å². The molecule has 0 heterocycles. The first-order valence-electron chi connectivity index (χ1n) is 5.47. The van der Waals surface area contributed by atoms with E-state index in [1.165, 1.54) is 0 Å². The molecule has 0 spiro atoms. The summed E-state index contributed by atoms with van der Waals surface area (Å²) < 4.78 is 6.60. The Morgan fingerprint density at radius 2 is 2.12 bits per heavy atom. The molecule has 0 aliphatic carbocycles. The molecular formula is C14H12BrNO. The molecule has 2 nitrogen and oxygen atoms in total. The van der Waals surface area contributed by atoms with Gasteiger partial charge in [-0.25, -0.2) is 0 Å². The van der Waals surface area contributed by atoms with E-state index in [-0.39, 0.29) is 0 Å². The Balaban J connectivity index is 2.66. The zero-order valence-electron chi connectivity index (χ0n) is 9.53. The van der Waals surface area contributed by atoms with Crippen LogP contribution in [0.3, 0.4) is 0 Å². The third-order valence-corrected chi connectivity index (χ3v) is 3.10. The Morgan fingerprint density at radius 3 is 2.82 bits per heavy atom. The van der Waals surface area contributed by atoms with Crippen LogP contribution in [0.5, 0.6) is 5.75 Å². The molecule has 3 heteroatoms. The van der Waals surface area contributed by atoms with E-state index >= 15 is 0 Å². The molecule has 0 bridgehead atoms. The van der Waals surface area contributed by atoms with Crippen LogP contribution in [0, 0.1) is 11.3 Å². The van der Waals surface area contributed by atoms with Crippen LogP contribution in [0.1, 0.15) is 12.5 Å². The Morgan fingerprint density at radius 1 is 1.29 bits per heavy atom. The maximum absolute atomic E-state index is 8.91. The van der Waals surface area contributed by atoms with Gasteiger partial charge in [0.2, 0.25) is 0 Å². The number of halogens is 1. The van der Waals surface area contributed by atoms with E-state index in [4.69, 9.17) is 10.00 Å². The number of benzene rings is 2. The molecule has 0 aliphatic rings. The van der Waals surface area contributed by atoms with E-state index < -0.39 is 0 Å². The molecule has 17 heavy (non-hydrogen) atoms. The van der Waals surface area contributed by atoms with Crippen LogP contribution in [0.15, 0.2) is 34.8 Å². The number of fused-ring (bicyclic) bond motifs is 1. The lowest BCUT2D eigenvalue weighted by atomic mass is 10.0. The van der Waals surface area contributed by atoms with E-state index in [1.54, 1.807) is 0 Å². The van der Waals surface area contributed by atoms with Gasteiger partial charge in [0.1, 0.15) is 5.75 Å². The fourth-order valence-electron chi connectivity index (χ4n) is 1.90. The van der Waals surface area contributed by atoms with Crippen LogP contribution in [-0.2, 0) is 6.42 Å². The highest BCUT2D eigenvalue weighted by molar-refractivity contribution is 9.10. The van der Waals surface area contributed by atoms with Gasteiger partial charge in [-0.1, -0.05) is 28.1 Å². The molecule has 0 aliphatic heterocycles. The van der Waals surface area contributed by atoms with Gasteiger partial charge in [-0.05, 0) is 35.9 Å². The molecule has 0 amide bonds. The lowest BCUT2D eigenvalue weighted by Gasteiger charge is -2.11. The predicted molar refractivity (Wildman–Crippen MR) is 72.1 cm³/mol. The molecule has 2 aromatic carbocycles. The van der Waals surface area contributed by atoms with Crippen LogP contribution >= 0.6 is 15.9 Å². The summed E-state index contributed by atoms with van der Waals surface area (Å²) in [5, 5.41) is 11.1. The SMILES string of the molecule is CCOc1ccc2cc(Br)ccc2c1CC#N. The molecule has 0 saturated heterocycles. The maximum Gasteiger partial charge on any atom is 0.124 e. The van der Waals surface area contributed by atoms with Crippen molar-refractivity contribution in [2.75, 3.05) is 6.61 Å². The smallest absolute Gasteiger partial charge is 0.124 e. The minimum atomic E-state index is 0.369. The summed E-state index contributed by atoms with van der Waals surface area (Å²) in [6.45, 7) is 2.56. The standard InChI is InChI=1S/C14H12BrNO/c1-2-17-14-6-3-10-9-11(15)4-5-12(10)13(14)7-8-16/h3-6,9H,2,7H2,1H3. The highest BCUT2D eigenvalue weighted by atomic mass is 79.9. The van der Waals surface area contributed by atoms with Gasteiger partial charge < -0.3 is 4.74 Å². The third-order valence-electron chi connectivity index (χ3n) is 2.61. The molecule has 0 aromatic heterocycles. The molecule has 2 rings (SSSR count). The van der Waals surface area contributed by atoms with Crippen molar-refractivity contribution in [3.63, 3.8) is 0 Å². The lowest BCUT2D eigenvalue weighted by molar-refractivity contribution is 0.338. The second-order valence-electron chi connectivity index (χ2n) is 3.68. The highest BCUT2D eigenvalue weighted by Gasteiger charge is 2.08. The molecule has 0 fully saturated rings. The second kappa shape index (κ2) is 5.20. The summed E-state index contributed by atoms with van der Waals surface area (Å²) in [4.78, 5) is 0. The Labute approximate surface area is 109 Å². The molecule has 0 atom stereocenters. The average Bonchev–Trinajstić information content (AvgIpc) is 2.32. The summed E-state index contributed by atoms with van der Waals surface area (Å²) in [5.41, 5.74) is 0.972. The fourth-order valence-corrected chi connectivity index (χ4v) is 2.28. The first-order valence-corrected chi connectivity index (χ1v) is 6.26. The monoisotopic (exact) mass is 289 g/mol. The van der Waals surface area contributed by atoms with E-state index in [9.17, 15) is 0 Å². The summed E-state index contributed by atoms with van der Waals surface area (Å²) in [6, 6.07) is 12.2. The van der Waals surface area contributed by atoms with Gasteiger partial charge in [-0.2, -0.15) is 5.26 Å². The summed E-state index contributed by atoms with van der Waals surface area (Å²) in [7, 11) is 0. The van der Waals surface area contributed by atoms with Crippen molar-refractivity contribution in [3.8, 4) is 11.8 Å². The first-order chi connectivity index (χ1) is 8.26. The van der Waals surface area contributed by atoms with Crippen molar-refractivity contribution in [2.24, 2.45) is 0 Å². The summed E-state index contributed by atoms with van der Waals surface area (Å²) in [6.07, 6.45) is 0.369. The van der Waals surface area contributed by atoms with Gasteiger partial charge in [0, 0.05) is 10.0 Å². The van der Waals surface area contributed by atoms with Crippen LogP contribution < -0.4 is 4.74 Å². The van der Waals surface area contributed by atoms with Gasteiger partial charge in [0.15, 0.2) is 0 Å². The number of hydrogen-bond acceptors (Lipinski definition) is 2. The number of ether oxygens (including phenoxy) is 1. The minimum absolute atomic E-state index is 0.369. The molecule has 0 unspecified atom stereocenters. The van der Waals surface area contributed by atoms with Crippen LogP contribution in [-0.4, -0.2) is 6.61 Å². The van der Waals surface area contributed by atoms with Gasteiger partial charge in [-0.3, -0.25) is 0 Å². The van der Waals surface area contributed by atoms with Crippen LogP contribution in [0.4, 0.5) is 0 Å². The molecule has 86 valence electrons. The topological polar surface area (TPSA) is 33.0 Å². The summed E-state index contributed by atoms with van der Waals surface area (Å²) >= 11 is 3.45. The summed E-state index contributed by atoms with van der Waals surface area (Å²) in [5.74, 6) is 0.809. The van der Waals surface area contributed by atoms with E-state index in [0.717, 1.165) is 26.6 Å². The number of rotatable bonds is 3. The van der Waals surface area contributed by atoms with Crippen LogP contribution in [0.2, 0.25) is 0 Å². The second-order valence-corrected chi connectivity index (χ2v) is 4.59. The third kappa shape index (κ3) is 2.42. The molecular weight excluding hydrogens is 278 g/mol. The average molecular weight is 290 g/mol. The zero-order chi connectivity index (χ0) is 12.3. The first kappa shape index (κ1) is 11.9. The number of hydrogen-bond donors (Lipinski definition) is 0. The lowest BCUT2D eigenvalue weighted by Crippen LogP contribution is -1.97. The maximum atomic E-state index is 8.91. The Hall–Kier alpha value is -1.53. The van der Waals surface area contributed by atoms with E-state index in [1.807, 2.05) is 37.3 Å². The molecule has 0 radical (unpaired) electrons. The van der Waals surface area contributed by atoms with Crippen LogP contribution in [0.25, 0.3) is 10.8 Å². The van der Waals surface area contributed by atoms with Crippen molar-refractivity contribution in [3.05, 3.63) is 40.4 Å². The number of nitriles is 1. The minimum Gasteiger partial charge on any atom is -0.494 e. The highest BCUT2D eigenvalue weighted by Crippen LogP contribution is 2.30. The number of nitrogens with zero attached hydrogens (tertiary/aromatic N) is 1. The van der Waals surface area contributed by atoms with Crippen molar-refractivity contribution >= 4 is 26.7 Å². The predicted octanol–water partition coefficient (Wildman–Crippen LogP) is 4.07. The molecule has 2 aromatic rings. The van der Waals surface area contributed by atoms with Gasteiger partial charge in [-0.15, -0.1) is 0 Å². The van der Waals surface area contributed by atoms with Gasteiger partial charge in [0.25, 0.3) is 0 Å². The van der Waals surface area contributed by atoms with Crippen molar-refractivity contribution < 1.29 is 4.74 Å². The van der Waals surface area contributed by atoms with E-state index in [2.05, 4.69) is 22.0 Å². The van der Waals surface area contributed by atoms with Crippen molar-refractivity contribution in [2.45, 2.75) is 13.3 Å². The molecule has 0 N–H and O–H groups in total. The Kier molecular flexibility index (Phi) is 3.65. The van der Waals surface area contributed by atoms with Gasteiger partial charge in [0.05, 0.1) is 19.1 Å². The van der Waals surface area contributed by atoms with E-state index in [0.29, 0.717) is 13.0 Å². The molecule has 0 saturated carbocycles. The normalized spacial score (nSPS) is 10.2. The van der Waals surface area contributed by atoms with Gasteiger partial charge >= 0.3 is 0 Å². The zero-order valence-corrected chi connectivity index (χ0v) is 11.1. The van der Waals surface area contributed by atoms with Crippen molar-refractivity contribution in [1.29, 1.82) is 5.26 Å².